The highest BCUT2D eigenvalue weighted by atomic mass is 79.9. The van der Waals surface area contributed by atoms with Gasteiger partial charge in [-0.1, -0.05) is 58.2 Å². The van der Waals surface area contributed by atoms with Crippen molar-refractivity contribution in [3.05, 3.63) is 81.3 Å². The van der Waals surface area contributed by atoms with E-state index in [1.807, 2.05) is 30.3 Å². The van der Waals surface area contributed by atoms with Gasteiger partial charge in [-0.15, -0.1) is 6.58 Å². The molecule has 0 saturated carbocycles. The molecule has 2 aromatic carbocycles. The van der Waals surface area contributed by atoms with Crippen LogP contribution in [0.4, 0.5) is 13.2 Å². The van der Waals surface area contributed by atoms with Gasteiger partial charge in [-0.25, -0.2) is 0 Å². The van der Waals surface area contributed by atoms with Crippen LogP contribution in [0, 0.1) is 0 Å². The Labute approximate surface area is 193 Å². The van der Waals surface area contributed by atoms with E-state index in [0.717, 1.165) is 41.9 Å². The standard InChI is InChI=1S/C23H23BrClF3N2O/c1-2-12-30-13-4-3-11-19(30)21(15-7-5-8-16(24)14-15)29-22(31)17-9-6-10-18(20(17)25)23(26,27)28/h2,5-10,14,19,21H,1,3-4,11-13H2,(H,29,31)/t19-,21?/m0/s1. The summed E-state index contributed by atoms with van der Waals surface area (Å²) in [5.41, 5.74) is -0.346. The second-order valence-electron chi connectivity index (χ2n) is 7.52. The zero-order valence-corrected chi connectivity index (χ0v) is 19.1. The lowest BCUT2D eigenvalue weighted by Gasteiger charge is -2.40. The molecule has 31 heavy (non-hydrogen) atoms. The fourth-order valence-electron chi connectivity index (χ4n) is 4.03. The summed E-state index contributed by atoms with van der Waals surface area (Å²) in [5.74, 6) is -0.634. The van der Waals surface area contributed by atoms with Crippen LogP contribution in [0.2, 0.25) is 5.02 Å². The van der Waals surface area contributed by atoms with Crippen LogP contribution in [0.3, 0.4) is 0 Å². The van der Waals surface area contributed by atoms with Gasteiger partial charge in [0.15, 0.2) is 0 Å². The van der Waals surface area contributed by atoms with Crippen molar-refractivity contribution in [1.29, 1.82) is 0 Å². The number of piperidine rings is 1. The molecule has 3 rings (SSSR count). The Kier molecular flexibility index (Phi) is 7.83. The second-order valence-corrected chi connectivity index (χ2v) is 8.81. The summed E-state index contributed by atoms with van der Waals surface area (Å²) in [4.78, 5) is 15.4. The first kappa shape index (κ1) is 23.8. The predicted molar refractivity (Wildman–Crippen MR) is 120 cm³/mol. The molecule has 1 aliphatic heterocycles. The monoisotopic (exact) mass is 514 g/mol. The predicted octanol–water partition coefficient (Wildman–Crippen LogP) is 6.63. The van der Waals surface area contributed by atoms with Crippen molar-refractivity contribution in [2.75, 3.05) is 13.1 Å². The first-order valence-corrected chi connectivity index (χ1v) is 11.2. The number of hydrogen-bond donors (Lipinski definition) is 1. The van der Waals surface area contributed by atoms with Gasteiger partial charge in [0.2, 0.25) is 0 Å². The van der Waals surface area contributed by atoms with Crippen molar-refractivity contribution in [2.45, 2.75) is 37.5 Å². The number of rotatable bonds is 6. The van der Waals surface area contributed by atoms with Gasteiger partial charge >= 0.3 is 6.18 Å². The number of likely N-dealkylation sites (tertiary alicyclic amines) is 1. The lowest BCUT2D eigenvalue weighted by atomic mass is 9.90. The summed E-state index contributed by atoms with van der Waals surface area (Å²) >= 11 is 9.46. The fraction of sp³-hybridized carbons (Fsp3) is 0.348. The Morgan fingerprint density at radius 2 is 2.03 bits per heavy atom. The van der Waals surface area contributed by atoms with Crippen molar-refractivity contribution >= 4 is 33.4 Å². The van der Waals surface area contributed by atoms with E-state index in [0.29, 0.717) is 6.54 Å². The highest BCUT2D eigenvalue weighted by Gasteiger charge is 2.36. The van der Waals surface area contributed by atoms with Gasteiger partial charge in [0.05, 0.1) is 22.2 Å². The number of alkyl halides is 3. The Morgan fingerprint density at radius 3 is 2.71 bits per heavy atom. The van der Waals surface area contributed by atoms with E-state index in [2.05, 4.69) is 32.7 Å². The molecule has 1 N–H and O–H groups in total. The average molecular weight is 516 g/mol. The number of carbonyl (C=O) groups is 1. The molecule has 8 heteroatoms. The number of carbonyl (C=O) groups excluding carboxylic acids is 1. The molecule has 2 aromatic rings. The zero-order valence-electron chi connectivity index (χ0n) is 16.8. The molecule has 1 unspecified atom stereocenters. The third kappa shape index (κ3) is 5.70. The van der Waals surface area contributed by atoms with E-state index in [4.69, 9.17) is 11.6 Å². The first-order chi connectivity index (χ1) is 14.7. The number of nitrogens with zero attached hydrogens (tertiary/aromatic N) is 1. The smallest absolute Gasteiger partial charge is 0.344 e. The van der Waals surface area contributed by atoms with Crippen molar-refractivity contribution in [2.24, 2.45) is 0 Å². The summed E-state index contributed by atoms with van der Waals surface area (Å²) in [7, 11) is 0. The average Bonchev–Trinajstić information content (AvgIpc) is 2.72. The van der Waals surface area contributed by atoms with E-state index in [1.165, 1.54) is 12.1 Å². The van der Waals surface area contributed by atoms with Crippen LogP contribution < -0.4 is 5.32 Å². The lowest BCUT2D eigenvalue weighted by Crippen LogP contribution is -2.48. The summed E-state index contributed by atoms with van der Waals surface area (Å²) in [6.07, 6.45) is 0.0799. The van der Waals surface area contributed by atoms with Crippen molar-refractivity contribution in [1.82, 2.24) is 10.2 Å². The molecule has 1 saturated heterocycles. The third-order valence-electron chi connectivity index (χ3n) is 5.46. The normalized spacial score (nSPS) is 18.4. The highest BCUT2D eigenvalue weighted by molar-refractivity contribution is 9.10. The molecule has 0 bridgehead atoms. The van der Waals surface area contributed by atoms with Gasteiger partial charge < -0.3 is 5.32 Å². The Bertz CT molecular complexity index is 951. The maximum atomic E-state index is 13.3. The molecule has 1 aliphatic rings. The lowest BCUT2D eigenvalue weighted by molar-refractivity contribution is -0.137. The quantitative estimate of drug-likeness (QED) is 0.438. The fourth-order valence-corrected chi connectivity index (χ4v) is 4.77. The molecule has 0 spiro atoms. The third-order valence-corrected chi connectivity index (χ3v) is 6.36. The molecule has 1 heterocycles. The van der Waals surface area contributed by atoms with Crippen molar-refractivity contribution < 1.29 is 18.0 Å². The van der Waals surface area contributed by atoms with Gasteiger partial charge in [-0.2, -0.15) is 13.2 Å². The Balaban J connectivity index is 1.97. The van der Waals surface area contributed by atoms with Crippen molar-refractivity contribution in [3.8, 4) is 0 Å². The molecule has 3 nitrogen and oxygen atoms in total. The summed E-state index contributed by atoms with van der Waals surface area (Å²) in [6.45, 7) is 5.35. The van der Waals surface area contributed by atoms with E-state index in [9.17, 15) is 18.0 Å². The number of nitrogens with one attached hydrogen (secondary N) is 1. The molecule has 2 atom stereocenters. The number of halogens is 5. The van der Waals surface area contributed by atoms with Crippen LogP contribution in [-0.4, -0.2) is 29.9 Å². The summed E-state index contributed by atoms with van der Waals surface area (Å²) in [6, 6.07) is 10.5. The maximum absolute atomic E-state index is 13.3. The molecule has 0 radical (unpaired) electrons. The largest absolute Gasteiger partial charge is 0.417 e. The van der Waals surface area contributed by atoms with Crippen LogP contribution in [0.15, 0.2) is 59.6 Å². The molecule has 166 valence electrons. The minimum absolute atomic E-state index is 0.0189. The zero-order chi connectivity index (χ0) is 22.6. The topological polar surface area (TPSA) is 32.3 Å². The second kappa shape index (κ2) is 10.2. The van der Waals surface area contributed by atoms with Gasteiger partial charge in [-0.05, 0) is 49.2 Å². The Hall–Kier alpha value is -1.83. The van der Waals surface area contributed by atoms with E-state index in [-0.39, 0.29) is 11.6 Å². The first-order valence-electron chi connectivity index (χ1n) is 9.99. The highest BCUT2D eigenvalue weighted by Crippen LogP contribution is 2.37. The van der Waals surface area contributed by atoms with Crippen molar-refractivity contribution in [3.63, 3.8) is 0 Å². The van der Waals surface area contributed by atoms with Gasteiger partial charge in [0.1, 0.15) is 0 Å². The summed E-state index contributed by atoms with van der Waals surface area (Å²) < 4.78 is 40.6. The number of hydrogen-bond acceptors (Lipinski definition) is 2. The van der Waals surface area contributed by atoms with E-state index >= 15 is 0 Å². The van der Waals surface area contributed by atoms with Crippen LogP contribution >= 0.6 is 27.5 Å². The molecule has 1 fully saturated rings. The maximum Gasteiger partial charge on any atom is 0.417 e. The van der Waals surface area contributed by atoms with Gasteiger partial charge in [0.25, 0.3) is 5.91 Å². The van der Waals surface area contributed by atoms with E-state index < -0.39 is 28.7 Å². The molecule has 0 aliphatic carbocycles. The van der Waals surface area contributed by atoms with Gasteiger partial charge in [0, 0.05) is 17.1 Å². The molecule has 0 aromatic heterocycles. The SMILES string of the molecule is C=CCN1CCCC[C@H]1C(NC(=O)c1cccc(C(F)(F)F)c1Cl)c1cccc(Br)c1. The minimum Gasteiger partial charge on any atom is -0.344 e. The molecular weight excluding hydrogens is 493 g/mol. The van der Waals surface area contributed by atoms with Gasteiger partial charge in [-0.3, -0.25) is 9.69 Å². The Morgan fingerprint density at radius 1 is 1.29 bits per heavy atom. The number of amides is 1. The van der Waals surface area contributed by atoms with Crippen LogP contribution in [0.25, 0.3) is 0 Å². The minimum atomic E-state index is -4.64. The van der Waals surface area contributed by atoms with Crippen LogP contribution in [0.5, 0.6) is 0 Å². The van der Waals surface area contributed by atoms with Crippen LogP contribution in [-0.2, 0) is 6.18 Å². The van der Waals surface area contributed by atoms with E-state index in [1.54, 1.807) is 0 Å². The molecular formula is C23H23BrClF3N2O. The molecule has 1 amide bonds. The van der Waals surface area contributed by atoms with Crippen LogP contribution in [0.1, 0.15) is 46.8 Å². The summed E-state index contributed by atoms with van der Waals surface area (Å²) in [5, 5.41) is 2.38. The number of benzene rings is 2.